The number of anilines is 1. The Hall–Kier alpha value is -1.32. The molecule has 1 aromatic heterocycles. The summed E-state index contributed by atoms with van der Waals surface area (Å²) in [6.45, 7) is 6.86. The van der Waals surface area contributed by atoms with E-state index in [4.69, 9.17) is 4.74 Å². The third-order valence-electron chi connectivity index (χ3n) is 3.19. The van der Waals surface area contributed by atoms with Crippen LogP contribution in [0.2, 0.25) is 0 Å². The van der Waals surface area contributed by atoms with E-state index in [-0.39, 0.29) is 0 Å². The summed E-state index contributed by atoms with van der Waals surface area (Å²) in [6, 6.07) is 0. The van der Waals surface area contributed by atoms with Gasteiger partial charge in [-0.1, -0.05) is 39.0 Å². The van der Waals surface area contributed by atoms with E-state index in [2.05, 4.69) is 22.2 Å². The van der Waals surface area contributed by atoms with Gasteiger partial charge in [-0.25, -0.2) is 4.98 Å². The van der Waals surface area contributed by atoms with Crippen LogP contribution in [0.25, 0.3) is 0 Å². The molecule has 0 aliphatic heterocycles. The van der Waals surface area contributed by atoms with Gasteiger partial charge >= 0.3 is 0 Å². The zero-order valence-corrected chi connectivity index (χ0v) is 12.8. The number of unbranched alkanes of at least 4 members (excludes halogenated alkanes) is 5. The van der Waals surface area contributed by atoms with Gasteiger partial charge in [0.25, 0.3) is 0 Å². The van der Waals surface area contributed by atoms with Crippen LogP contribution in [0.5, 0.6) is 5.88 Å². The molecule has 0 unspecified atom stereocenters. The van der Waals surface area contributed by atoms with Crippen molar-refractivity contribution in [2.24, 2.45) is 0 Å². The fraction of sp³-hybridized carbons (Fsp3) is 0.733. The molecule has 0 aromatic carbocycles. The number of ether oxygens (including phenoxy) is 1. The quantitative estimate of drug-likeness (QED) is 0.688. The van der Waals surface area contributed by atoms with Crippen molar-refractivity contribution in [1.29, 1.82) is 0 Å². The Balaban J connectivity index is 2.35. The molecule has 4 nitrogen and oxygen atoms in total. The summed E-state index contributed by atoms with van der Waals surface area (Å²) in [6.07, 6.45) is 7.62. The van der Waals surface area contributed by atoms with Crippen LogP contribution in [0.15, 0.2) is 0 Å². The second-order valence-electron chi connectivity index (χ2n) is 4.92. The molecule has 1 aromatic rings. The summed E-state index contributed by atoms with van der Waals surface area (Å²) in [4.78, 5) is 8.68. The van der Waals surface area contributed by atoms with Gasteiger partial charge in [0.15, 0.2) is 0 Å². The highest BCUT2D eigenvalue weighted by Gasteiger charge is 2.08. The van der Waals surface area contributed by atoms with E-state index in [9.17, 15) is 0 Å². The molecular weight excluding hydrogens is 238 g/mol. The smallest absolute Gasteiger partial charge is 0.221 e. The number of nitrogens with one attached hydrogen (secondary N) is 1. The lowest BCUT2D eigenvalue weighted by Crippen LogP contribution is -2.06. The maximum absolute atomic E-state index is 5.78. The molecule has 1 heterocycles. The molecule has 0 spiro atoms. The molecule has 0 saturated carbocycles. The van der Waals surface area contributed by atoms with Crippen LogP contribution < -0.4 is 10.1 Å². The Morgan fingerprint density at radius 3 is 2.37 bits per heavy atom. The summed E-state index contributed by atoms with van der Waals surface area (Å²) in [7, 11) is 1.87. The van der Waals surface area contributed by atoms with Crippen LogP contribution in [-0.2, 0) is 0 Å². The van der Waals surface area contributed by atoms with Crippen LogP contribution in [0.3, 0.4) is 0 Å². The topological polar surface area (TPSA) is 47.0 Å². The van der Waals surface area contributed by atoms with Crippen LogP contribution in [0.1, 0.15) is 56.8 Å². The zero-order valence-electron chi connectivity index (χ0n) is 12.8. The number of aromatic nitrogens is 2. The minimum Gasteiger partial charge on any atom is -0.477 e. The van der Waals surface area contributed by atoms with Gasteiger partial charge in [-0.05, 0) is 20.3 Å². The zero-order chi connectivity index (χ0) is 14.1. The van der Waals surface area contributed by atoms with Gasteiger partial charge in [-0.3, -0.25) is 0 Å². The molecule has 0 aliphatic rings. The van der Waals surface area contributed by atoms with E-state index < -0.39 is 0 Å². The molecule has 0 aliphatic carbocycles. The number of nitrogens with zero attached hydrogens (tertiary/aromatic N) is 2. The average molecular weight is 265 g/mol. The molecule has 1 N–H and O–H groups in total. The molecule has 0 radical (unpaired) electrons. The van der Waals surface area contributed by atoms with Crippen LogP contribution in [-0.4, -0.2) is 23.6 Å². The maximum Gasteiger partial charge on any atom is 0.221 e. The van der Waals surface area contributed by atoms with Gasteiger partial charge in [0.1, 0.15) is 11.6 Å². The minimum atomic E-state index is 0.713. The molecule has 0 atom stereocenters. The third kappa shape index (κ3) is 5.45. The van der Waals surface area contributed by atoms with Gasteiger partial charge in [0.2, 0.25) is 5.88 Å². The third-order valence-corrected chi connectivity index (χ3v) is 3.19. The van der Waals surface area contributed by atoms with Crippen LogP contribution in [0.4, 0.5) is 5.82 Å². The van der Waals surface area contributed by atoms with Crippen LogP contribution in [0, 0.1) is 13.8 Å². The van der Waals surface area contributed by atoms with Crippen molar-refractivity contribution in [3.8, 4) is 5.88 Å². The SMILES string of the molecule is CCCCCCCCOc1nc(C)nc(NC)c1C. The van der Waals surface area contributed by atoms with Crippen molar-refractivity contribution in [3.05, 3.63) is 11.4 Å². The summed E-state index contributed by atoms with van der Waals surface area (Å²) in [5.41, 5.74) is 0.985. The van der Waals surface area contributed by atoms with Gasteiger partial charge in [-0.2, -0.15) is 4.98 Å². The van der Waals surface area contributed by atoms with Gasteiger partial charge < -0.3 is 10.1 Å². The Morgan fingerprint density at radius 1 is 1.00 bits per heavy atom. The minimum absolute atomic E-state index is 0.713. The van der Waals surface area contributed by atoms with Crippen LogP contribution >= 0.6 is 0 Å². The van der Waals surface area contributed by atoms with Gasteiger partial charge in [0, 0.05) is 7.05 Å². The Kier molecular flexibility index (Phi) is 7.23. The van der Waals surface area contributed by atoms with Gasteiger partial charge in [0.05, 0.1) is 12.2 Å². The van der Waals surface area contributed by atoms with Crippen molar-refractivity contribution >= 4 is 5.82 Å². The largest absolute Gasteiger partial charge is 0.477 e. The Morgan fingerprint density at radius 2 is 1.68 bits per heavy atom. The highest BCUT2D eigenvalue weighted by Crippen LogP contribution is 2.21. The van der Waals surface area contributed by atoms with Crippen molar-refractivity contribution in [2.75, 3.05) is 19.0 Å². The second-order valence-corrected chi connectivity index (χ2v) is 4.92. The first-order chi connectivity index (χ1) is 9.19. The second kappa shape index (κ2) is 8.73. The van der Waals surface area contributed by atoms with Crippen molar-refractivity contribution in [2.45, 2.75) is 59.3 Å². The van der Waals surface area contributed by atoms with Crippen molar-refractivity contribution < 1.29 is 4.74 Å². The van der Waals surface area contributed by atoms with Gasteiger partial charge in [-0.15, -0.1) is 0 Å². The summed E-state index contributed by atoms with van der Waals surface area (Å²) >= 11 is 0. The van der Waals surface area contributed by atoms with E-state index in [0.717, 1.165) is 30.2 Å². The Labute approximate surface area is 117 Å². The lowest BCUT2D eigenvalue weighted by Gasteiger charge is -2.11. The highest BCUT2D eigenvalue weighted by atomic mass is 16.5. The molecule has 0 fully saturated rings. The monoisotopic (exact) mass is 265 g/mol. The normalized spacial score (nSPS) is 10.5. The molecule has 4 heteroatoms. The summed E-state index contributed by atoms with van der Waals surface area (Å²) in [5.74, 6) is 2.31. The highest BCUT2D eigenvalue weighted by molar-refractivity contribution is 5.47. The molecule has 108 valence electrons. The fourth-order valence-electron chi connectivity index (χ4n) is 2.04. The predicted octanol–water partition coefficient (Wildman–Crippen LogP) is 3.87. The van der Waals surface area contributed by atoms with E-state index >= 15 is 0 Å². The standard InChI is InChI=1S/C15H27N3O/c1-5-6-7-8-9-10-11-19-15-12(2)14(16-4)17-13(3)18-15/h5-11H2,1-4H3,(H,16,17,18). The first kappa shape index (κ1) is 15.7. The molecule has 0 bridgehead atoms. The van der Waals surface area contributed by atoms with E-state index in [0.29, 0.717) is 5.88 Å². The number of aryl methyl sites for hydroxylation is 1. The van der Waals surface area contributed by atoms with Crippen molar-refractivity contribution in [3.63, 3.8) is 0 Å². The maximum atomic E-state index is 5.78. The van der Waals surface area contributed by atoms with E-state index in [1.807, 2.05) is 20.9 Å². The first-order valence-electron chi connectivity index (χ1n) is 7.34. The van der Waals surface area contributed by atoms with E-state index in [1.54, 1.807) is 0 Å². The van der Waals surface area contributed by atoms with E-state index in [1.165, 1.54) is 32.1 Å². The predicted molar refractivity (Wildman–Crippen MR) is 79.9 cm³/mol. The Bertz CT molecular complexity index is 380. The number of hydrogen-bond donors (Lipinski definition) is 1. The molecular formula is C15H27N3O. The average Bonchev–Trinajstić information content (AvgIpc) is 2.41. The molecule has 19 heavy (non-hydrogen) atoms. The number of rotatable bonds is 9. The lowest BCUT2D eigenvalue weighted by atomic mass is 10.1. The fourth-order valence-corrected chi connectivity index (χ4v) is 2.04. The first-order valence-corrected chi connectivity index (χ1v) is 7.34. The molecule has 0 amide bonds. The summed E-state index contributed by atoms with van der Waals surface area (Å²) < 4.78 is 5.78. The number of hydrogen-bond acceptors (Lipinski definition) is 4. The van der Waals surface area contributed by atoms with Crippen molar-refractivity contribution in [1.82, 2.24) is 9.97 Å². The molecule has 1 rings (SSSR count). The molecule has 0 saturated heterocycles. The lowest BCUT2D eigenvalue weighted by molar-refractivity contribution is 0.290. The summed E-state index contributed by atoms with van der Waals surface area (Å²) in [5, 5.41) is 3.07.